The van der Waals surface area contributed by atoms with E-state index in [1.807, 2.05) is 49.4 Å². The first-order valence-electron chi connectivity index (χ1n) is 7.98. The third-order valence-corrected chi connectivity index (χ3v) is 3.92. The van der Waals surface area contributed by atoms with Crippen LogP contribution in [0.1, 0.15) is 21.7 Å². The van der Waals surface area contributed by atoms with Crippen LogP contribution in [0.2, 0.25) is 0 Å². The van der Waals surface area contributed by atoms with E-state index in [1.165, 1.54) is 4.90 Å². The summed E-state index contributed by atoms with van der Waals surface area (Å²) in [5.74, 6) is -0.825. The van der Waals surface area contributed by atoms with Gasteiger partial charge in [-0.2, -0.15) is 0 Å². The molecule has 1 amide bonds. The summed E-state index contributed by atoms with van der Waals surface area (Å²) >= 11 is 0. The summed E-state index contributed by atoms with van der Waals surface area (Å²) in [6, 6.07) is 16.8. The molecule has 1 aromatic heterocycles. The fourth-order valence-corrected chi connectivity index (χ4v) is 2.45. The van der Waals surface area contributed by atoms with Crippen molar-refractivity contribution in [2.75, 3.05) is 13.7 Å². The first-order chi connectivity index (χ1) is 12.0. The first-order valence-corrected chi connectivity index (χ1v) is 7.98. The van der Waals surface area contributed by atoms with Crippen LogP contribution in [0.15, 0.2) is 59.0 Å². The van der Waals surface area contributed by atoms with Crippen LogP contribution in [0.4, 0.5) is 0 Å². The minimum Gasteiger partial charge on any atom is -0.450 e. The number of ether oxygens (including phenoxy) is 1. The number of furan rings is 1. The van der Waals surface area contributed by atoms with E-state index in [1.54, 1.807) is 19.2 Å². The lowest BCUT2D eigenvalue weighted by atomic mass is 10.1. The summed E-state index contributed by atoms with van der Waals surface area (Å²) in [6.07, 6.45) is 0. The number of hydrogen-bond donors (Lipinski definition) is 0. The molecule has 0 bridgehead atoms. The predicted octanol–water partition coefficient (Wildman–Crippen LogP) is 3.56. The smallest absolute Gasteiger partial charge is 0.374 e. The standard InChI is InChI=1S/C20H19NO4/c1-14-7-9-15(10-8-14)12-21(2)19(22)13-24-20(23)18-11-16-5-3-4-6-17(16)25-18/h3-11H,12-13H2,1-2H3. The zero-order valence-electron chi connectivity index (χ0n) is 14.2. The molecule has 3 rings (SSSR count). The van der Waals surface area contributed by atoms with E-state index in [9.17, 15) is 9.59 Å². The minimum absolute atomic E-state index is 0.0928. The van der Waals surface area contributed by atoms with E-state index in [2.05, 4.69) is 0 Å². The fourth-order valence-electron chi connectivity index (χ4n) is 2.45. The van der Waals surface area contributed by atoms with Gasteiger partial charge in [0.15, 0.2) is 6.61 Å². The molecule has 0 aliphatic heterocycles. The SMILES string of the molecule is Cc1ccc(CN(C)C(=O)COC(=O)c2cc3ccccc3o2)cc1. The predicted molar refractivity (Wildman–Crippen MR) is 94.1 cm³/mol. The quantitative estimate of drug-likeness (QED) is 0.668. The van der Waals surface area contributed by atoms with Crippen LogP contribution in [-0.2, 0) is 16.1 Å². The Bertz CT molecular complexity index is 862. The Hall–Kier alpha value is -3.08. The number of benzene rings is 2. The molecule has 0 saturated heterocycles. The van der Waals surface area contributed by atoms with Crippen LogP contribution in [-0.4, -0.2) is 30.4 Å². The second kappa shape index (κ2) is 7.21. The van der Waals surface area contributed by atoms with E-state index in [0.29, 0.717) is 12.1 Å². The number of likely N-dealkylation sites (N-methyl/N-ethyl adjacent to an activating group) is 1. The van der Waals surface area contributed by atoms with Crippen LogP contribution in [0.25, 0.3) is 11.0 Å². The van der Waals surface area contributed by atoms with Crippen molar-refractivity contribution in [2.45, 2.75) is 13.5 Å². The zero-order valence-corrected chi connectivity index (χ0v) is 14.2. The lowest BCUT2D eigenvalue weighted by Gasteiger charge is -2.17. The minimum atomic E-state index is -0.645. The number of hydrogen-bond acceptors (Lipinski definition) is 4. The van der Waals surface area contributed by atoms with Crippen molar-refractivity contribution in [3.05, 3.63) is 71.5 Å². The number of para-hydroxylation sites is 1. The van der Waals surface area contributed by atoms with Crippen molar-refractivity contribution in [2.24, 2.45) is 0 Å². The van der Waals surface area contributed by atoms with Gasteiger partial charge in [0.05, 0.1) is 0 Å². The molecule has 0 aliphatic rings. The van der Waals surface area contributed by atoms with Crippen molar-refractivity contribution in [1.29, 1.82) is 0 Å². The third-order valence-electron chi connectivity index (χ3n) is 3.92. The topological polar surface area (TPSA) is 59.8 Å². The van der Waals surface area contributed by atoms with Gasteiger partial charge >= 0.3 is 5.97 Å². The van der Waals surface area contributed by atoms with Gasteiger partial charge in [-0.15, -0.1) is 0 Å². The number of nitrogens with zero attached hydrogens (tertiary/aromatic N) is 1. The van der Waals surface area contributed by atoms with E-state index in [4.69, 9.17) is 9.15 Å². The van der Waals surface area contributed by atoms with E-state index in [-0.39, 0.29) is 18.3 Å². The van der Waals surface area contributed by atoms with Gasteiger partial charge in [0, 0.05) is 19.0 Å². The molecule has 0 atom stereocenters. The largest absolute Gasteiger partial charge is 0.450 e. The second-order valence-electron chi connectivity index (χ2n) is 5.96. The van der Waals surface area contributed by atoms with Gasteiger partial charge in [-0.3, -0.25) is 4.79 Å². The fraction of sp³-hybridized carbons (Fsp3) is 0.200. The molecule has 0 spiro atoms. The molecule has 0 fully saturated rings. The number of fused-ring (bicyclic) bond motifs is 1. The molecule has 128 valence electrons. The summed E-state index contributed by atoms with van der Waals surface area (Å²) in [5, 5.41) is 0.817. The molecule has 5 nitrogen and oxygen atoms in total. The van der Waals surface area contributed by atoms with E-state index in [0.717, 1.165) is 16.5 Å². The summed E-state index contributed by atoms with van der Waals surface area (Å²) in [7, 11) is 1.68. The van der Waals surface area contributed by atoms with Crippen LogP contribution < -0.4 is 0 Å². The number of carbonyl (C=O) groups is 2. The Morgan fingerprint density at radius 1 is 1.08 bits per heavy atom. The maximum atomic E-state index is 12.1. The zero-order chi connectivity index (χ0) is 17.8. The lowest BCUT2D eigenvalue weighted by Crippen LogP contribution is -2.30. The highest BCUT2D eigenvalue weighted by Gasteiger charge is 2.17. The van der Waals surface area contributed by atoms with Crippen molar-refractivity contribution >= 4 is 22.8 Å². The number of carbonyl (C=O) groups excluding carboxylic acids is 2. The van der Waals surface area contributed by atoms with Crippen molar-refractivity contribution in [1.82, 2.24) is 4.90 Å². The van der Waals surface area contributed by atoms with Crippen LogP contribution in [0.3, 0.4) is 0 Å². The van der Waals surface area contributed by atoms with Gasteiger partial charge in [-0.25, -0.2) is 4.79 Å². The molecule has 0 radical (unpaired) electrons. The molecule has 25 heavy (non-hydrogen) atoms. The van der Waals surface area contributed by atoms with Gasteiger partial charge in [0.2, 0.25) is 5.76 Å². The number of amides is 1. The Kier molecular flexibility index (Phi) is 4.84. The van der Waals surface area contributed by atoms with Gasteiger partial charge in [-0.1, -0.05) is 48.0 Å². The second-order valence-corrected chi connectivity index (χ2v) is 5.96. The maximum absolute atomic E-state index is 12.1. The maximum Gasteiger partial charge on any atom is 0.374 e. The normalized spacial score (nSPS) is 10.6. The van der Waals surface area contributed by atoms with Crippen LogP contribution >= 0.6 is 0 Å². The molecular formula is C20H19NO4. The van der Waals surface area contributed by atoms with Crippen molar-refractivity contribution in [3.8, 4) is 0 Å². The highest BCUT2D eigenvalue weighted by Crippen LogP contribution is 2.19. The molecule has 3 aromatic rings. The first kappa shape index (κ1) is 16.8. The van der Waals surface area contributed by atoms with Crippen LogP contribution in [0, 0.1) is 6.92 Å². The van der Waals surface area contributed by atoms with Gasteiger partial charge in [0.1, 0.15) is 5.58 Å². The Morgan fingerprint density at radius 2 is 1.80 bits per heavy atom. The Balaban J connectivity index is 1.55. The van der Waals surface area contributed by atoms with Gasteiger partial charge in [0.25, 0.3) is 5.91 Å². The third kappa shape index (κ3) is 4.07. The lowest BCUT2D eigenvalue weighted by molar-refractivity contribution is -0.133. The average Bonchev–Trinajstić information content (AvgIpc) is 3.05. The van der Waals surface area contributed by atoms with Crippen molar-refractivity contribution < 1.29 is 18.7 Å². The van der Waals surface area contributed by atoms with Gasteiger partial charge < -0.3 is 14.1 Å². The number of aryl methyl sites for hydroxylation is 1. The summed E-state index contributed by atoms with van der Waals surface area (Å²) in [6.45, 7) is 2.15. The monoisotopic (exact) mass is 337 g/mol. The number of esters is 1. The highest BCUT2D eigenvalue weighted by molar-refractivity contribution is 5.93. The van der Waals surface area contributed by atoms with Crippen molar-refractivity contribution in [3.63, 3.8) is 0 Å². The summed E-state index contributed by atoms with van der Waals surface area (Å²) < 4.78 is 10.5. The molecule has 0 aliphatic carbocycles. The molecule has 2 aromatic carbocycles. The number of rotatable bonds is 5. The van der Waals surface area contributed by atoms with Gasteiger partial charge in [-0.05, 0) is 24.6 Å². The summed E-state index contributed by atoms with van der Waals surface area (Å²) in [5.41, 5.74) is 2.79. The molecule has 1 heterocycles. The molecular weight excluding hydrogens is 318 g/mol. The van der Waals surface area contributed by atoms with E-state index < -0.39 is 5.97 Å². The Labute approximate surface area is 145 Å². The molecule has 0 N–H and O–H groups in total. The van der Waals surface area contributed by atoms with Crippen LogP contribution in [0.5, 0.6) is 0 Å². The highest BCUT2D eigenvalue weighted by atomic mass is 16.5. The Morgan fingerprint density at radius 3 is 2.52 bits per heavy atom. The van der Waals surface area contributed by atoms with E-state index >= 15 is 0 Å². The summed E-state index contributed by atoms with van der Waals surface area (Å²) in [4.78, 5) is 25.7. The average molecular weight is 337 g/mol. The molecule has 0 unspecified atom stereocenters. The molecule has 0 saturated carbocycles. The molecule has 5 heteroatoms.